The van der Waals surface area contributed by atoms with Gasteiger partial charge < -0.3 is 14.2 Å². The van der Waals surface area contributed by atoms with Crippen LogP contribution in [0.2, 0.25) is 0 Å². The van der Waals surface area contributed by atoms with Gasteiger partial charge in [0.05, 0.1) is 12.5 Å². The fourth-order valence-corrected chi connectivity index (χ4v) is 4.41. The molecule has 178 valence electrons. The molecule has 4 nitrogen and oxygen atoms in total. The molecule has 2 aromatic carbocycles. The number of esters is 1. The molecule has 0 spiro atoms. The number of fused-ring (bicyclic) bond motifs is 1. The van der Waals surface area contributed by atoms with E-state index in [0.717, 1.165) is 23.1 Å². The fourth-order valence-electron chi connectivity index (χ4n) is 4.41. The molecule has 0 amide bonds. The van der Waals surface area contributed by atoms with Gasteiger partial charge in [-0.2, -0.15) is 0 Å². The number of carbonyl (C=O) groups excluding carboxylic acids is 1. The lowest BCUT2D eigenvalue weighted by molar-refractivity contribution is -0.144. The van der Waals surface area contributed by atoms with Crippen LogP contribution in [0.5, 0.6) is 11.5 Å². The molecule has 1 saturated carbocycles. The van der Waals surface area contributed by atoms with Crippen molar-refractivity contribution in [1.82, 2.24) is 0 Å². The molecular formula is C29H31FO4. The van der Waals surface area contributed by atoms with Crippen LogP contribution in [-0.4, -0.2) is 12.6 Å². The predicted octanol–water partition coefficient (Wildman–Crippen LogP) is 6.97. The summed E-state index contributed by atoms with van der Waals surface area (Å²) in [4.78, 5) is 11.9. The molecule has 0 radical (unpaired) electrons. The van der Waals surface area contributed by atoms with Crippen LogP contribution in [0.15, 0.2) is 72.5 Å². The number of carbonyl (C=O) groups is 1. The molecule has 0 bridgehead atoms. The Hall–Kier alpha value is -3.34. The second kappa shape index (κ2) is 10.3. The first kappa shape index (κ1) is 23.8. The van der Waals surface area contributed by atoms with E-state index >= 15 is 0 Å². The van der Waals surface area contributed by atoms with Gasteiger partial charge in [-0.05, 0) is 87.9 Å². The zero-order valence-corrected chi connectivity index (χ0v) is 20.0. The van der Waals surface area contributed by atoms with E-state index < -0.39 is 0 Å². The number of halogens is 1. The molecule has 1 fully saturated rings. The van der Waals surface area contributed by atoms with Gasteiger partial charge in [0.2, 0.25) is 0 Å². The highest BCUT2D eigenvalue weighted by Gasteiger charge is 2.45. The Balaban J connectivity index is 1.47. The van der Waals surface area contributed by atoms with Crippen molar-refractivity contribution in [3.8, 4) is 11.5 Å². The number of rotatable bonds is 9. The van der Waals surface area contributed by atoms with Gasteiger partial charge in [0.15, 0.2) is 0 Å². The lowest BCUT2D eigenvalue weighted by atomic mass is 10.1. The molecule has 0 heterocycles. The Morgan fingerprint density at radius 1 is 1.15 bits per heavy atom. The van der Waals surface area contributed by atoms with Crippen LogP contribution in [0, 0.1) is 11.7 Å². The maximum Gasteiger partial charge on any atom is 0.309 e. The van der Waals surface area contributed by atoms with Crippen LogP contribution in [0.25, 0.3) is 0 Å². The Morgan fingerprint density at radius 2 is 1.91 bits per heavy atom. The second-order valence-corrected chi connectivity index (χ2v) is 8.97. The third kappa shape index (κ3) is 5.24. The zero-order chi connectivity index (χ0) is 24.2. The van der Waals surface area contributed by atoms with Gasteiger partial charge in [-0.1, -0.05) is 30.4 Å². The summed E-state index contributed by atoms with van der Waals surface area (Å²) in [5.74, 6) is 1.66. The Kier molecular flexibility index (Phi) is 7.20. The maximum absolute atomic E-state index is 14.8. The topological polar surface area (TPSA) is 44.8 Å². The SMILES string of the molecule is C=C/C(=C\C=C(C)C)Oc1ccc(F)c2c1CC[C@H]2Oc1ccc([C@H]2C[C@@H]2C(=O)OCC)cc1. The van der Waals surface area contributed by atoms with E-state index in [9.17, 15) is 9.18 Å². The van der Waals surface area contributed by atoms with Crippen molar-refractivity contribution in [2.45, 2.75) is 52.1 Å². The second-order valence-electron chi connectivity index (χ2n) is 8.97. The minimum absolute atomic E-state index is 0.0489. The number of hydrogen-bond acceptors (Lipinski definition) is 4. The van der Waals surface area contributed by atoms with Gasteiger partial charge in [-0.3, -0.25) is 4.79 Å². The largest absolute Gasteiger partial charge is 0.486 e. The molecule has 4 rings (SSSR count). The van der Waals surface area contributed by atoms with Gasteiger partial charge in [-0.15, -0.1) is 0 Å². The number of allylic oxidation sites excluding steroid dienone is 4. The van der Waals surface area contributed by atoms with E-state index in [4.69, 9.17) is 14.2 Å². The quantitative estimate of drug-likeness (QED) is 0.229. The first-order chi connectivity index (χ1) is 16.4. The molecule has 5 heteroatoms. The molecule has 0 saturated heterocycles. The van der Waals surface area contributed by atoms with Crippen molar-refractivity contribution >= 4 is 5.97 Å². The normalized spacial score (nSPS) is 20.8. The van der Waals surface area contributed by atoms with E-state index in [-0.39, 0.29) is 29.7 Å². The summed E-state index contributed by atoms with van der Waals surface area (Å²) in [5.41, 5.74) is 3.63. The van der Waals surface area contributed by atoms with Gasteiger partial charge >= 0.3 is 5.97 Å². The summed E-state index contributed by atoms with van der Waals surface area (Å²) in [6, 6.07) is 10.9. The Labute approximate surface area is 200 Å². The lowest BCUT2D eigenvalue weighted by Gasteiger charge is -2.17. The zero-order valence-electron chi connectivity index (χ0n) is 20.0. The minimum Gasteiger partial charge on any atom is -0.486 e. The highest BCUT2D eigenvalue weighted by molar-refractivity contribution is 5.77. The van der Waals surface area contributed by atoms with Gasteiger partial charge in [0, 0.05) is 11.1 Å². The van der Waals surface area contributed by atoms with Gasteiger partial charge in [-0.25, -0.2) is 4.39 Å². The summed E-state index contributed by atoms with van der Waals surface area (Å²) >= 11 is 0. The van der Waals surface area contributed by atoms with E-state index in [1.165, 1.54) is 6.07 Å². The Bertz CT molecular complexity index is 1130. The summed E-state index contributed by atoms with van der Waals surface area (Å²) in [5, 5.41) is 0. The minimum atomic E-state index is -0.383. The van der Waals surface area contributed by atoms with E-state index in [0.29, 0.717) is 42.3 Å². The Morgan fingerprint density at radius 3 is 2.59 bits per heavy atom. The highest BCUT2D eigenvalue weighted by atomic mass is 19.1. The number of benzene rings is 2. The van der Waals surface area contributed by atoms with Gasteiger partial charge in [0.1, 0.15) is 29.2 Å². The van der Waals surface area contributed by atoms with Crippen molar-refractivity contribution < 1.29 is 23.4 Å². The van der Waals surface area contributed by atoms with Crippen LogP contribution < -0.4 is 9.47 Å². The smallest absolute Gasteiger partial charge is 0.309 e. The van der Waals surface area contributed by atoms with E-state index in [1.54, 1.807) is 12.1 Å². The molecule has 3 atom stereocenters. The van der Waals surface area contributed by atoms with Crippen LogP contribution in [0.4, 0.5) is 4.39 Å². The molecule has 0 unspecified atom stereocenters. The number of hydrogen-bond donors (Lipinski definition) is 0. The lowest BCUT2D eigenvalue weighted by Crippen LogP contribution is -2.07. The first-order valence-electron chi connectivity index (χ1n) is 11.8. The third-order valence-electron chi connectivity index (χ3n) is 6.22. The van der Waals surface area contributed by atoms with Gasteiger partial charge in [0.25, 0.3) is 0 Å². The third-order valence-corrected chi connectivity index (χ3v) is 6.22. The van der Waals surface area contributed by atoms with Crippen LogP contribution >= 0.6 is 0 Å². The van der Waals surface area contributed by atoms with Crippen molar-refractivity contribution in [2.75, 3.05) is 6.61 Å². The molecule has 2 aliphatic rings. The summed E-state index contributed by atoms with van der Waals surface area (Å²) in [6.45, 7) is 10.1. The standard InChI is InChI=1S/C29H31FO4/c1-5-20(10-7-18(3)4)33-26-16-14-25(30)28-22(26)13-15-27(28)34-21-11-8-19(9-12-21)23-17-24(23)29(31)32-6-2/h5,7-12,14,16,23-24,27H,1,6,13,15,17H2,2-4H3/b20-10+/t23-,24+,27-/m1/s1. The fraction of sp³-hybridized carbons (Fsp3) is 0.345. The van der Waals surface area contributed by atoms with Crippen LogP contribution in [0.3, 0.4) is 0 Å². The molecule has 2 aliphatic carbocycles. The maximum atomic E-state index is 14.8. The monoisotopic (exact) mass is 462 g/mol. The van der Waals surface area contributed by atoms with Crippen LogP contribution in [-0.2, 0) is 16.0 Å². The van der Waals surface area contributed by atoms with Crippen molar-refractivity contribution in [3.05, 3.63) is 95.0 Å². The summed E-state index contributed by atoms with van der Waals surface area (Å²) in [7, 11) is 0. The predicted molar refractivity (Wildman–Crippen MR) is 130 cm³/mol. The molecular weight excluding hydrogens is 431 g/mol. The summed E-state index contributed by atoms with van der Waals surface area (Å²) < 4.78 is 32.2. The van der Waals surface area contributed by atoms with E-state index in [1.807, 2.05) is 57.2 Å². The molecule has 34 heavy (non-hydrogen) atoms. The molecule has 0 N–H and O–H groups in total. The highest BCUT2D eigenvalue weighted by Crippen LogP contribution is 2.48. The van der Waals surface area contributed by atoms with Crippen molar-refractivity contribution in [3.63, 3.8) is 0 Å². The average molecular weight is 463 g/mol. The van der Waals surface area contributed by atoms with Crippen molar-refractivity contribution in [2.24, 2.45) is 5.92 Å². The number of ether oxygens (including phenoxy) is 3. The molecule has 0 aliphatic heterocycles. The van der Waals surface area contributed by atoms with Crippen molar-refractivity contribution in [1.29, 1.82) is 0 Å². The van der Waals surface area contributed by atoms with E-state index in [2.05, 4.69) is 6.58 Å². The average Bonchev–Trinajstić information content (AvgIpc) is 3.52. The molecule has 2 aromatic rings. The summed E-state index contributed by atoms with van der Waals surface area (Å²) in [6.07, 6.45) is 7.22. The molecule has 0 aromatic heterocycles. The van der Waals surface area contributed by atoms with Crippen LogP contribution in [0.1, 0.15) is 62.3 Å². The first-order valence-corrected chi connectivity index (χ1v) is 11.8.